The molecule has 2 rings (SSSR count). The maximum Gasteiger partial charge on any atom is 0.0231 e. The SMILES string of the molecule is CC(CNC1CC1)N1CCSC(C)(C)C1. The van der Waals surface area contributed by atoms with Crippen molar-refractivity contribution in [1.29, 1.82) is 0 Å². The second-order valence-corrected chi connectivity index (χ2v) is 7.41. The first-order valence-corrected chi connectivity index (χ1v) is 7.17. The van der Waals surface area contributed by atoms with Crippen LogP contribution in [0.15, 0.2) is 0 Å². The van der Waals surface area contributed by atoms with Gasteiger partial charge in [-0.05, 0) is 33.6 Å². The van der Waals surface area contributed by atoms with Crippen LogP contribution >= 0.6 is 11.8 Å². The van der Waals surface area contributed by atoms with Crippen molar-refractivity contribution in [2.24, 2.45) is 0 Å². The minimum Gasteiger partial charge on any atom is -0.312 e. The van der Waals surface area contributed by atoms with Gasteiger partial charge in [0.2, 0.25) is 0 Å². The molecule has 3 heteroatoms. The first-order chi connectivity index (χ1) is 7.07. The molecule has 15 heavy (non-hydrogen) atoms. The van der Waals surface area contributed by atoms with Crippen molar-refractivity contribution >= 4 is 11.8 Å². The Kier molecular flexibility index (Phi) is 3.63. The van der Waals surface area contributed by atoms with E-state index in [-0.39, 0.29) is 0 Å². The summed E-state index contributed by atoms with van der Waals surface area (Å²) in [6.07, 6.45) is 2.79. The second-order valence-electron chi connectivity index (χ2n) is 5.61. The van der Waals surface area contributed by atoms with E-state index in [9.17, 15) is 0 Å². The summed E-state index contributed by atoms with van der Waals surface area (Å²) in [6.45, 7) is 10.8. The predicted molar refractivity (Wildman–Crippen MR) is 68.6 cm³/mol. The maximum absolute atomic E-state index is 3.63. The Balaban J connectivity index is 1.75. The summed E-state index contributed by atoms with van der Waals surface area (Å²) in [4.78, 5) is 2.64. The maximum atomic E-state index is 3.63. The van der Waals surface area contributed by atoms with Crippen molar-refractivity contribution < 1.29 is 0 Å². The van der Waals surface area contributed by atoms with E-state index < -0.39 is 0 Å². The Morgan fingerprint density at radius 3 is 2.80 bits per heavy atom. The van der Waals surface area contributed by atoms with Gasteiger partial charge in [0.1, 0.15) is 0 Å². The molecule has 1 saturated heterocycles. The third-order valence-corrected chi connectivity index (χ3v) is 4.66. The molecule has 2 nitrogen and oxygen atoms in total. The first-order valence-electron chi connectivity index (χ1n) is 6.18. The molecule has 0 aromatic rings. The topological polar surface area (TPSA) is 15.3 Å². The average Bonchev–Trinajstić information content (AvgIpc) is 2.96. The number of hydrogen-bond donors (Lipinski definition) is 1. The molecule has 2 aliphatic rings. The molecule has 1 unspecified atom stereocenters. The van der Waals surface area contributed by atoms with Gasteiger partial charge in [-0.1, -0.05) is 0 Å². The van der Waals surface area contributed by atoms with E-state index in [0.29, 0.717) is 10.8 Å². The molecule has 2 fully saturated rings. The molecule has 0 aromatic carbocycles. The Morgan fingerprint density at radius 1 is 1.47 bits per heavy atom. The number of nitrogens with zero attached hydrogens (tertiary/aromatic N) is 1. The van der Waals surface area contributed by atoms with E-state index >= 15 is 0 Å². The molecule has 0 amide bonds. The van der Waals surface area contributed by atoms with Crippen molar-refractivity contribution in [3.63, 3.8) is 0 Å². The third kappa shape index (κ3) is 3.65. The Hall–Kier alpha value is 0.270. The molecule has 1 aliphatic heterocycles. The van der Waals surface area contributed by atoms with E-state index in [1.54, 1.807) is 0 Å². The second kappa shape index (κ2) is 4.64. The molecule has 1 aliphatic carbocycles. The highest BCUT2D eigenvalue weighted by molar-refractivity contribution is 8.00. The summed E-state index contributed by atoms with van der Waals surface area (Å²) < 4.78 is 0.450. The van der Waals surface area contributed by atoms with Gasteiger partial charge >= 0.3 is 0 Å². The molecular formula is C12H24N2S. The minimum atomic E-state index is 0.450. The standard InChI is InChI=1S/C12H24N2S/c1-10(8-13-11-4-5-11)14-6-7-15-12(2,3)9-14/h10-11,13H,4-9H2,1-3H3. The van der Waals surface area contributed by atoms with Crippen molar-refractivity contribution in [2.45, 2.75) is 50.4 Å². The van der Waals surface area contributed by atoms with E-state index in [0.717, 1.165) is 6.04 Å². The van der Waals surface area contributed by atoms with Crippen LogP contribution in [0, 0.1) is 0 Å². The average molecular weight is 228 g/mol. The largest absolute Gasteiger partial charge is 0.312 e. The first kappa shape index (κ1) is 11.7. The Bertz CT molecular complexity index is 214. The van der Waals surface area contributed by atoms with Crippen LogP contribution in [0.1, 0.15) is 33.6 Å². The molecule has 0 radical (unpaired) electrons. The summed E-state index contributed by atoms with van der Waals surface area (Å²) in [5.74, 6) is 1.29. The summed E-state index contributed by atoms with van der Waals surface area (Å²) in [7, 11) is 0. The fourth-order valence-corrected chi connectivity index (χ4v) is 3.32. The number of thioether (sulfide) groups is 1. The highest BCUT2D eigenvalue weighted by Gasteiger charge is 2.30. The van der Waals surface area contributed by atoms with Crippen LogP contribution in [0.4, 0.5) is 0 Å². The number of rotatable bonds is 4. The summed E-state index contributed by atoms with van der Waals surface area (Å²) in [5, 5.41) is 3.63. The molecule has 0 bridgehead atoms. The smallest absolute Gasteiger partial charge is 0.0231 e. The lowest BCUT2D eigenvalue weighted by atomic mass is 10.1. The van der Waals surface area contributed by atoms with Gasteiger partial charge in [-0.3, -0.25) is 4.90 Å². The van der Waals surface area contributed by atoms with E-state index in [4.69, 9.17) is 0 Å². The van der Waals surface area contributed by atoms with Crippen molar-refractivity contribution in [3.05, 3.63) is 0 Å². The lowest BCUT2D eigenvalue weighted by Crippen LogP contribution is -2.50. The van der Waals surface area contributed by atoms with Gasteiger partial charge in [0.15, 0.2) is 0 Å². The van der Waals surface area contributed by atoms with Crippen LogP contribution in [-0.4, -0.2) is 47.1 Å². The third-order valence-electron chi connectivity index (χ3n) is 3.36. The summed E-state index contributed by atoms with van der Waals surface area (Å²) in [6, 6.07) is 1.55. The lowest BCUT2D eigenvalue weighted by molar-refractivity contribution is 0.195. The van der Waals surface area contributed by atoms with E-state index in [1.165, 1.54) is 38.2 Å². The van der Waals surface area contributed by atoms with Gasteiger partial charge < -0.3 is 5.32 Å². The summed E-state index contributed by atoms with van der Waals surface area (Å²) in [5.41, 5.74) is 0. The highest BCUT2D eigenvalue weighted by atomic mass is 32.2. The molecule has 1 saturated carbocycles. The molecule has 0 aromatic heterocycles. The quantitative estimate of drug-likeness (QED) is 0.792. The molecule has 1 heterocycles. The van der Waals surface area contributed by atoms with Crippen LogP contribution in [0.3, 0.4) is 0 Å². The zero-order valence-corrected chi connectivity index (χ0v) is 11.1. The van der Waals surface area contributed by atoms with Gasteiger partial charge in [-0.25, -0.2) is 0 Å². The highest BCUT2D eigenvalue weighted by Crippen LogP contribution is 2.30. The molecular weight excluding hydrogens is 204 g/mol. The van der Waals surface area contributed by atoms with Gasteiger partial charge in [-0.2, -0.15) is 11.8 Å². The molecule has 1 N–H and O–H groups in total. The zero-order chi connectivity index (χ0) is 10.9. The number of hydrogen-bond acceptors (Lipinski definition) is 3. The fourth-order valence-electron chi connectivity index (χ4n) is 2.18. The van der Waals surface area contributed by atoms with Crippen LogP contribution in [-0.2, 0) is 0 Å². The monoisotopic (exact) mass is 228 g/mol. The fraction of sp³-hybridized carbons (Fsp3) is 1.00. The van der Waals surface area contributed by atoms with Crippen LogP contribution in [0.25, 0.3) is 0 Å². The van der Waals surface area contributed by atoms with Crippen molar-refractivity contribution in [3.8, 4) is 0 Å². The molecule has 0 spiro atoms. The normalized spacial score (nSPS) is 29.0. The van der Waals surface area contributed by atoms with E-state index in [1.807, 2.05) is 0 Å². The van der Waals surface area contributed by atoms with Crippen LogP contribution in [0.2, 0.25) is 0 Å². The van der Waals surface area contributed by atoms with Gasteiger partial charge in [0.25, 0.3) is 0 Å². The number of nitrogens with one attached hydrogen (secondary N) is 1. The molecule has 88 valence electrons. The molecule has 1 atom stereocenters. The van der Waals surface area contributed by atoms with Crippen LogP contribution < -0.4 is 5.32 Å². The van der Waals surface area contributed by atoms with Crippen molar-refractivity contribution in [1.82, 2.24) is 10.2 Å². The zero-order valence-electron chi connectivity index (χ0n) is 10.3. The summed E-state index contributed by atoms with van der Waals surface area (Å²) >= 11 is 2.12. The minimum absolute atomic E-state index is 0.450. The van der Waals surface area contributed by atoms with Crippen LogP contribution in [0.5, 0.6) is 0 Å². The van der Waals surface area contributed by atoms with Gasteiger partial charge in [0, 0.05) is 42.2 Å². The predicted octanol–water partition coefficient (Wildman–Crippen LogP) is 1.95. The lowest BCUT2D eigenvalue weighted by Gasteiger charge is -2.40. The van der Waals surface area contributed by atoms with Gasteiger partial charge in [0.05, 0.1) is 0 Å². The van der Waals surface area contributed by atoms with Gasteiger partial charge in [-0.15, -0.1) is 0 Å². The Morgan fingerprint density at radius 2 is 2.20 bits per heavy atom. The van der Waals surface area contributed by atoms with E-state index in [2.05, 4.69) is 42.7 Å². The Labute approximate surface area is 98.2 Å². The van der Waals surface area contributed by atoms with Crippen molar-refractivity contribution in [2.75, 3.05) is 25.4 Å².